The van der Waals surface area contributed by atoms with Gasteiger partial charge in [-0.05, 0) is 61.3 Å². The predicted octanol–water partition coefficient (Wildman–Crippen LogP) is 5.54. The monoisotopic (exact) mass is 543 g/mol. The number of carbonyl (C=O) groups excluding carboxylic acids is 2. The molecule has 213 valence electrons. The lowest BCUT2D eigenvalue weighted by Gasteiger charge is -2.19. The van der Waals surface area contributed by atoms with Crippen LogP contribution in [-0.4, -0.2) is 44.7 Å². The molecule has 2 N–H and O–H groups in total. The van der Waals surface area contributed by atoms with Crippen molar-refractivity contribution in [2.45, 2.75) is 79.8 Å². The van der Waals surface area contributed by atoms with Gasteiger partial charge in [-0.2, -0.15) is 0 Å². The predicted molar refractivity (Wildman–Crippen MR) is 151 cm³/mol. The molecule has 0 saturated carbocycles. The van der Waals surface area contributed by atoms with E-state index in [1.54, 1.807) is 41.5 Å². The van der Waals surface area contributed by atoms with Crippen molar-refractivity contribution in [2.75, 3.05) is 13.1 Å². The second-order valence-electron chi connectivity index (χ2n) is 11.7. The summed E-state index contributed by atoms with van der Waals surface area (Å²) in [6.07, 6.45) is -2.60. The lowest BCUT2D eigenvalue weighted by molar-refractivity contribution is -0.132. The largest absolute Gasteiger partial charge is 0.658 e. The number of benzene rings is 2. The molecule has 0 saturated heterocycles. The van der Waals surface area contributed by atoms with E-state index < -0.39 is 23.2 Å². The molecule has 6 nitrogen and oxygen atoms in total. The zero-order chi connectivity index (χ0) is 29.1. The molecule has 0 aliphatic heterocycles. The smallest absolute Gasteiger partial charge is 0.526 e. The minimum Gasteiger partial charge on any atom is -0.526 e. The van der Waals surface area contributed by atoms with Crippen LogP contribution in [0, 0.1) is 10.8 Å². The van der Waals surface area contributed by atoms with Crippen LogP contribution in [0.25, 0.3) is 0 Å². The molecule has 0 bridgehead atoms. The van der Waals surface area contributed by atoms with Crippen LogP contribution in [0.15, 0.2) is 48.5 Å². The fourth-order valence-electron chi connectivity index (χ4n) is 3.63. The number of hydrogen-bond acceptors (Lipinski definition) is 6. The Balaban J connectivity index is 1.63. The van der Waals surface area contributed by atoms with Crippen molar-refractivity contribution < 1.29 is 27.7 Å². The molecule has 0 aliphatic rings. The maximum Gasteiger partial charge on any atom is 0.658 e. The van der Waals surface area contributed by atoms with Gasteiger partial charge in [-0.1, -0.05) is 65.8 Å². The normalized spacial score (nSPS) is 13.4. The fraction of sp³-hybridized carbons (Fsp3) is 0.533. The molecule has 2 aromatic rings. The van der Waals surface area contributed by atoms with Gasteiger partial charge in [0.05, 0.1) is 0 Å². The first kappa shape index (κ1) is 32.4. The van der Waals surface area contributed by atoms with Crippen molar-refractivity contribution in [2.24, 2.45) is 10.8 Å². The summed E-state index contributed by atoms with van der Waals surface area (Å²) in [5, 5.41) is 6.32. The summed E-state index contributed by atoms with van der Waals surface area (Å²) in [6.45, 7) is 12.3. The summed E-state index contributed by atoms with van der Waals surface area (Å²) in [4.78, 5) is 23.8. The van der Waals surface area contributed by atoms with E-state index in [0.29, 0.717) is 37.7 Å². The van der Waals surface area contributed by atoms with Crippen LogP contribution in [0.3, 0.4) is 0 Å². The zero-order valence-corrected chi connectivity index (χ0v) is 24.0. The standard InChI is InChI=1S/C30H42BF2N2O4/c1-29(2,3)27(36)25(32)15-17-34-19-21-7-11-23(12-8-21)38-31-39-24-13-9-22(10-14-24)20-35-18-16-26(33)28(37)30(4,5)6/h7-14,25-26,34-35H,15-20H2,1-6H3. The Bertz CT molecular complexity index is 951. The van der Waals surface area contributed by atoms with Gasteiger partial charge in [0.25, 0.3) is 0 Å². The summed E-state index contributed by atoms with van der Waals surface area (Å²) < 4.78 is 39.1. The van der Waals surface area contributed by atoms with Gasteiger partial charge in [0.2, 0.25) is 0 Å². The van der Waals surface area contributed by atoms with Crippen molar-refractivity contribution in [3.63, 3.8) is 0 Å². The average molecular weight is 543 g/mol. The third kappa shape index (κ3) is 11.9. The molecular weight excluding hydrogens is 501 g/mol. The van der Waals surface area contributed by atoms with Crippen LogP contribution < -0.4 is 19.9 Å². The highest BCUT2D eigenvalue weighted by Crippen LogP contribution is 2.21. The molecular formula is C30H42BF2N2O4. The van der Waals surface area contributed by atoms with E-state index in [1.807, 2.05) is 48.5 Å². The minimum atomic E-state index is -1.45. The number of Topliss-reactive ketones (excluding diaryl/α,β-unsaturated/α-hetero) is 2. The molecule has 2 atom stereocenters. The number of halogens is 2. The second kappa shape index (κ2) is 15.1. The summed E-state index contributed by atoms with van der Waals surface area (Å²) in [5.74, 6) is 0.476. The van der Waals surface area contributed by atoms with Crippen LogP contribution in [-0.2, 0) is 22.7 Å². The maximum atomic E-state index is 14.0. The lowest BCUT2D eigenvalue weighted by atomic mass is 9.87. The summed E-state index contributed by atoms with van der Waals surface area (Å²) >= 11 is 0. The van der Waals surface area contributed by atoms with Gasteiger partial charge in [-0.3, -0.25) is 9.59 Å². The fourth-order valence-corrected chi connectivity index (χ4v) is 3.63. The Labute approximate surface area is 232 Å². The molecule has 9 heteroatoms. The molecule has 1 radical (unpaired) electrons. The van der Waals surface area contributed by atoms with E-state index in [0.717, 1.165) is 11.1 Å². The number of hydrogen-bond donors (Lipinski definition) is 2. The van der Waals surface area contributed by atoms with Crippen LogP contribution in [0.1, 0.15) is 65.5 Å². The number of ketones is 2. The minimum absolute atomic E-state index is 0.153. The van der Waals surface area contributed by atoms with Crippen molar-refractivity contribution in [3.8, 4) is 11.5 Å². The summed E-state index contributed by atoms with van der Waals surface area (Å²) in [6, 6.07) is 14.8. The number of carbonyl (C=O) groups is 2. The van der Waals surface area contributed by atoms with Crippen molar-refractivity contribution in [1.29, 1.82) is 0 Å². The lowest BCUT2D eigenvalue weighted by Crippen LogP contribution is -2.32. The van der Waals surface area contributed by atoms with Gasteiger partial charge in [0.1, 0.15) is 11.5 Å². The highest BCUT2D eigenvalue weighted by atomic mass is 19.1. The maximum absolute atomic E-state index is 14.0. The molecule has 0 spiro atoms. The number of rotatable bonds is 16. The van der Waals surface area contributed by atoms with E-state index in [9.17, 15) is 18.4 Å². The molecule has 0 heterocycles. The van der Waals surface area contributed by atoms with Gasteiger partial charge in [-0.15, -0.1) is 0 Å². The highest BCUT2D eigenvalue weighted by Gasteiger charge is 2.29. The first-order valence-corrected chi connectivity index (χ1v) is 13.4. The summed E-state index contributed by atoms with van der Waals surface area (Å²) in [7, 11) is 1.25. The molecule has 0 aliphatic carbocycles. The Morgan fingerprint density at radius 1 is 0.692 bits per heavy atom. The molecule has 2 aromatic carbocycles. The topological polar surface area (TPSA) is 76.7 Å². The van der Waals surface area contributed by atoms with E-state index in [2.05, 4.69) is 10.6 Å². The first-order valence-electron chi connectivity index (χ1n) is 13.4. The number of alkyl halides is 2. The average Bonchev–Trinajstić information content (AvgIpc) is 2.88. The Hall–Kier alpha value is -2.78. The molecule has 2 unspecified atom stereocenters. The third-order valence-electron chi connectivity index (χ3n) is 6.07. The zero-order valence-electron chi connectivity index (χ0n) is 24.0. The first-order chi connectivity index (χ1) is 18.3. The van der Waals surface area contributed by atoms with Gasteiger partial charge >= 0.3 is 7.69 Å². The Morgan fingerprint density at radius 2 is 1.03 bits per heavy atom. The van der Waals surface area contributed by atoms with Crippen LogP contribution >= 0.6 is 0 Å². The van der Waals surface area contributed by atoms with Crippen molar-refractivity contribution >= 4 is 19.3 Å². The van der Waals surface area contributed by atoms with Crippen LogP contribution in [0.2, 0.25) is 0 Å². The van der Waals surface area contributed by atoms with Gasteiger partial charge in [-0.25, -0.2) is 8.78 Å². The molecule has 0 fully saturated rings. The van der Waals surface area contributed by atoms with Crippen LogP contribution in [0.5, 0.6) is 11.5 Å². The van der Waals surface area contributed by atoms with Gasteiger partial charge in [0.15, 0.2) is 23.9 Å². The van der Waals surface area contributed by atoms with E-state index in [-0.39, 0.29) is 24.4 Å². The SMILES string of the molecule is CC(C)(C)C(=O)C(F)CCNCc1ccc(O[B]Oc2ccc(CNCCC(F)C(=O)C(C)(C)C)cc2)cc1. The molecule has 0 aromatic heterocycles. The molecule has 2 rings (SSSR count). The van der Waals surface area contributed by atoms with Crippen molar-refractivity contribution in [1.82, 2.24) is 10.6 Å². The Morgan fingerprint density at radius 3 is 1.33 bits per heavy atom. The van der Waals surface area contributed by atoms with E-state index >= 15 is 0 Å². The quantitative estimate of drug-likeness (QED) is 0.214. The summed E-state index contributed by atoms with van der Waals surface area (Å²) in [5.41, 5.74) is 0.672. The third-order valence-corrected chi connectivity index (χ3v) is 6.07. The number of nitrogens with one attached hydrogen (secondary N) is 2. The molecule has 0 amide bonds. The van der Waals surface area contributed by atoms with Crippen LogP contribution in [0.4, 0.5) is 8.78 Å². The van der Waals surface area contributed by atoms with E-state index in [1.165, 1.54) is 7.69 Å². The van der Waals surface area contributed by atoms with E-state index in [4.69, 9.17) is 9.31 Å². The Kier molecular flexibility index (Phi) is 12.6. The van der Waals surface area contributed by atoms with Gasteiger partial charge < -0.3 is 19.9 Å². The highest BCUT2D eigenvalue weighted by molar-refractivity contribution is 6.20. The second-order valence-corrected chi connectivity index (χ2v) is 11.7. The van der Waals surface area contributed by atoms with Crippen molar-refractivity contribution in [3.05, 3.63) is 59.7 Å². The van der Waals surface area contributed by atoms with Gasteiger partial charge in [0, 0.05) is 23.9 Å². The molecule has 39 heavy (non-hydrogen) atoms.